The number of rotatable bonds is 7. The molecule has 1 aromatic carbocycles. The van der Waals surface area contributed by atoms with Crippen molar-refractivity contribution in [1.82, 2.24) is 0 Å². The van der Waals surface area contributed by atoms with Crippen LogP contribution in [0.15, 0.2) is 24.3 Å². The van der Waals surface area contributed by atoms with Crippen molar-refractivity contribution >= 4 is 5.69 Å². The average Bonchev–Trinajstić information content (AvgIpc) is 2.44. The Morgan fingerprint density at radius 2 is 1.90 bits per heavy atom. The van der Waals surface area contributed by atoms with Crippen molar-refractivity contribution in [2.45, 2.75) is 39.9 Å². The van der Waals surface area contributed by atoms with E-state index in [0.29, 0.717) is 19.1 Å². The molecule has 1 aliphatic rings. The van der Waals surface area contributed by atoms with Gasteiger partial charge in [0.15, 0.2) is 6.29 Å². The lowest BCUT2D eigenvalue weighted by Crippen LogP contribution is -2.37. The van der Waals surface area contributed by atoms with Crippen LogP contribution in [-0.2, 0) is 15.9 Å². The lowest BCUT2D eigenvalue weighted by Gasteiger charge is -2.35. The fourth-order valence-corrected chi connectivity index (χ4v) is 2.97. The van der Waals surface area contributed by atoms with Crippen LogP contribution in [0.1, 0.15) is 32.8 Å². The highest BCUT2D eigenvalue weighted by atomic mass is 16.7. The van der Waals surface area contributed by atoms with Crippen LogP contribution < -0.4 is 4.90 Å². The minimum atomic E-state index is -0.0746. The molecule has 0 bridgehead atoms. The summed E-state index contributed by atoms with van der Waals surface area (Å²) in [5.41, 5.74) is 2.85. The maximum absolute atomic E-state index is 5.64. The van der Waals surface area contributed by atoms with Crippen LogP contribution in [0, 0.1) is 5.92 Å². The van der Waals surface area contributed by atoms with E-state index in [1.165, 1.54) is 17.7 Å². The average molecular weight is 277 g/mol. The Bertz CT molecular complexity index is 402. The quantitative estimate of drug-likeness (QED) is 0.712. The monoisotopic (exact) mass is 277 g/mol. The molecule has 0 aliphatic carbocycles. The molecular formula is C17H27NO2. The van der Waals surface area contributed by atoms with Crippen LogP contribution in [-0.4, -0.2) is 32.6 Å². The second-order valence-electron chi connectivity index (χ2n) is 5.51. The molecule has 20 heavy (non-hydrogen) atoms. The van der Waals surface area contributed by atoms with Crippen molar-refractivity contribution in [3.8, 4) is 0 Å². The Balaban J connectivity index is 1.98. The van der Waals surface area contributed by atoms with Gasteiger partial charge in [0.05, 0.1) is 0 Å². The number of ether oxygens (including phenoxy) is 2. The lowest BCUT2D eigenvalue weighted by atomic mass is 9.94. The lowest BCUT2D eigenvalue weighted by molar-refractivity contribution is -0.138. The van der Waals surface area contributed by atoms with Gasteiger partial charge in [-0.3, -0.25) is 0 Å². The molecule has 0 saturated carbocycles. The molecule has 0 N–H and O–H groups in total. The van der Waals surface area contributed by atoms with Gasteiger partial charge in [0.1, 0.15) is 0 Å². The zero-order chi connectivity index (χ0) is 14.4. The number of hydrogen-bond acceptors (Lipinski definition) is 3. The van der Waals surface area contributed by atoms with Gasteiger partial charge >= 0.3 is 0 Å². The molecule has 1 aliphatic heterocycles. The van der Waals surface area contributed by atoms with Crippen LogP contribution in [0.4, 0.5) is 5.69 Å². The summed E-state index contributed by atoms with van der Waals surface area (Å²) in [7, 11) is 0. The second-order valence-corrected chi connectivity index (χ2v) is 5.51. The Labute approximate surface area is 122 Å². The van der Waals surface area contributed by atoms with Gasteiger partial charge in [0.25, 0.3) is 0 Å². The summed E-state index contributed by atoms with van der Waals surface area (Å²) in [5, 5.41) is 0. The van der Waals surface area contributed by atoms with E-state index in [1.807, 2.05) is 13.8 Å². The Morgan fingerprint density at radius 1 is 1.20 bits per heavy atom. The molecule has 1 heterocycles. The molecule has 3 heteroatoms. The topological polar surface area (TPSA) is 21.7 Å². The van der Waals surface area contributed by atoms with Gasteiger partial charge in [0, 0.05) is 38.4 Å². The van der Waals surface area contributed by atoms with Crippen molar-refractivity contribution < 1.29 is 9.47 Å². The molecule has 1 atom stereocenters. The maximum atomic E-state index is 5.64. The first-order valence-electron chi connectivity index (χ1n) is 7.80. The first-order valence-corrected chi connectivity index (χ1v) is 7.80. The summed E-state index contributed by atoms with van der Waals surface area (Å²) < 4.78 is 11.3. The summed E-state index contributed by atoms with van der Waals surface area (Å²) in [6, 6.07) is 8.75. The predicted octanol–water partition coefficient (Wildman–Crippen LogP) is 3.47. The number of fused-ring (bicyclic) bond motifs is 1. The minimum Gasteiger partial charge on any atom is -0.371 e. The van der Waals surface area contributed by atoms with E-state index in [4.69, 9.17) is 9.47 Å². The highest BCUT2D eigenvalue weighted by Crippen LogP contribution is 2.29. The van der Waals surface area contributed by atoms with Gasteiger partial charge in [0.2, 0.25) is 0 Å². The Kier molecular flexibility index (Phi) is 5.86. The third kappa shape index (κ3) is 3.97. The van der Waals surface area contributed by atoms with Gasteiger partial charge in [-0.2, -0.15) is 0 Å². The summed E-state index contributed by atoms with van der Waals surface area (Å²) >= 11 is 0. The molecule has 3 nitrogen and oxygen atoms in total. The van der Waals surface area contributed by atoms with Crippen molar-refractivity contribution in [1.29, 1.82) is 0 Å². The minimum absolute atomic E-state index is 0.0746. The van der Waals surface area contributed by atoms with E-state index in [1.54, 1.807) is 0 Å². The molecule has 2 rings (SSSR count). The normalized spacial score (nSPS) is 18.4. The molecule has 0 aromatic heterocycles. The predicted molar refractivity (Wildman–Crippen MR) is 83.2 cm³/mol. The van der Waals surface area contributed by atoms with E-state index in [0.717, 1.165) is 19.5 Å². The van der Waals surface area contributed by atoms with Crippen molar-refractivity contribution in [2.24, 2.45) is 5.92 Å². The highest BCUT2D eigenvalue weighted by molar-refractivity contribution is 5.55. The molecule has 0 saturated heterocycles. The van der Waals surface area contributed by atoms with E-state index in [2.05, 4.69) is 36.1 Å². The molecule has 1 unspecified atom stereocenters. The van der Waals surface area contributed by atoms with E-state index >= 15 is 0 Å². The third-order valence-electron chi connectivity index (χ3n) is 3.77. The summed E-state index contributed by atoms with van der Waals surface area (Å²) in [6.45, 7) is 9.89. The first-order chi connectivity index (χ1) is 9.74. The summed E-state index contributed by atoms with van der Waals surface area (Å²) in [4.78, 5) is 2.48. The van der Waals surface area contributed by atoms with Gasteiger partial charge in [-0.15, -0.1) is 0 Å². The van der Waals surface area contributed by atoms with Crippen LogP contribution in [0.5, 0.6) is 0 Å². The zero-order valence-electron chi connectivity index (χ0n) is 13.0. The third-order valence-corrected chi connectivity index (χ3v) is 3.77. The number of nitrogens with zero attached hydrogens (tertiary/aromatic N) is 1. The molecule has 0 fully saturated rings. The van der Waals surface area contributed by atoms with E-state index in [-0.39, 0.29) is 6.29 Å². The van der Waals surface area contributed by atoms with Crippen LogP contribution >= 0.6 is 0 Å². The molecule has 1 aromatic rings. The van der Waals surface area contributed by atoms with Crippen LogP contribution in [0.3, 0.4) is 0 Å². The van der Waals surface area contributed by atoms with Crippen molar-refractivity contribution in [2.75, 3.05) is 31.2 Å². The van der Waals surface area contributed by atoms with Gasteiger partial charge in [-0.05, 0) is 37.8 Å². The van der Waals surface area contributed by atoms with Crippen LogP contribution in [0.2, 0.25) is 0 Å². The van der Waals surface area contributed by atoms with E-state index in [9.17, 15) is 0 Å². The number of hydrogen-bond donors (Lipinski definition) is 0. The van der Waals surface area contributed by atoms with Gasteiger partial charge < -0.3 is 14.4 Å². The smallest absolute Gasteiger partial charge is 0.159 e. The largest absolute Gasteiger partial charge is 0.371 e. The Morgan fingerprint density at radius 3 is 2.60 bits per heavy atom. The molecule has 0 amide bonds. The highest BCUT2D eigenvalue weighted by Gasteiger charge is 2.22. The molecule has 112 valence electrons. The van der Waals surface area contributed by atoms with Crippen LogP contribution in [0.25, 0.3) is 0 Å². The van der Waals surface area contributed by atoms with Crippen molar-refractivity contribution in [3.05, 3.63) is 29.8 Å². The first kappa shape index (κ1) is 15.3. The summed E-state index contributed by atoms with van der Waals surface area (Å²) in [6.07, 6.45) is 2.03. The molecule has 0 spiro atoms. The maximum Gasteiger partial charge on any atom is 0.159 e. The fourth-order valence-electron chi connectivity index (χ4n) is 2.97. The fraction of sp³-hybridized carbons (Fsp3) is 0.647. The van der Waals surface area contributed by atoms with Gasteiger partial charge in [-0.1, -0.05) is 25.1 Å². The standard InChI is InChI=1S/C17H27NO2/c1-4-19-17(20-5-2)10-11-18-13-14(3)12-15-8-6-7-9-16(15)18/h6-9,14,17H,4-5,10-13H2,1-3H3. The second kappa shape index (κ2) is 7.65. The summed E-state index contributed by atoms with van der Waals surface area (Å²) in [5.74, 6) is 0.711. The SMILES string of the molecule is CCOC(CCN1CC(C)Cc2ccccc21)OCC. The molecular weight excluding hydrogens is 250 g/mol. The number of anilines is 1. The zero-order valence-corrected chi connectivity index (χ0v) is 13.0. The van der Waals surface area contributed by atoms with Crippen molar-refractivity contribution in [3.63, 3.8) is 0 Å². The number of para-hydroxylation sites is 1. The number of benzene rings is 1. The Hall–Kier alpha value is -1.06. The molecule has 0 radical (unpaired) electrons. The van der Waals surface area contributed by atoms with E-state index < -0.39 is 0 Å². The van der Waals surface area contributed by atoms with Gasteiger partial charge in [-0.25, -0.2) is 0 Å².